The van der Waals surface area contributed by atoms with Crippen LogP contribution in [0.25, 0.3) is 0 Å². The van der Waals surface area contributed by atoms with Crippen molar-refractivity contribution in [3.05, 3.63) is 29.3 Å². The van der Waals surface area contributed by atoms with Gasteiger partial charge in [0.15, 0.2) is 11.6 Å². The summed E-state index contributed by atoms with van der Waals surface area (Å²) in [5.41, 5.74) is 4.85. The molecule has 1 unspecified atom stereocenters. The molecule has 0 aliphatic carbocycles. The average Bonchev–Trinajstić information content (AvgIpc) is 2.15. The van der Waals surface area contributed by atoms with Crippen LogP contribution in [0, 0.1) is 11.6 Å². The highest BCUT2D eigenvalue weighted by Crippen LogP contribution is 2.30. The standard InChI is InChI=1S/C9H10F3NO/c1-14-9-6(8(12)4-13)2-5(10)3-7(9)11/h2-3,8H,4,13H2,1H3. The third-order valence-electron chi connectivity index (χ3n) is 1.79. The summed E-state index contributed by atoms with van der Waals surface area (Å²) in [7, 11) is 1.18. The van der Waals surface area contributed by atoms with Gasteiger partial charge in [0, 0.05) is 18.2 Å². The first-order valence-electron chi connectivity index (χ1n) is 3.97. The third kappa shape index (κ3) is 1.98. The van der Waals surface area contributed by atoms with E-state index < -0.39 is 17.8 Å². The lowest BCUT2D eigenvalue weighted by Gasteiger charge is -2.11. The van der Waals surface area contributed by atoms with Crippen LogP contribution in [-0.2, 0) is 0 Å². The molecule has 0 radical (unpaired) electrons. The smallest absolute Gasteiger partial charge is 0.168 e. The summed E-state index contributed by atoms with van der Waals surface area (Å²) < 4.78 is 43.5. The molecule has 2 N–H and O–H groups in total. The van der Waals surface area contributed by atoms with Crippen LogP contribution in [0.15, 0.2) is 12.1 Å². The fourth-order valence-electron chi connectivity index (χ4n) is 1.16. The second kappa shape index (κ2) is 4.32. The highest BCUT2D eigenvalue weighted by molar-refractivity contribution is 5.37. The Bertz CT molecular complexity index is 330. The fraction of sp³-hybridized carbons (Fsp3) is 0.333. The molecule has 0 aliphatic rings. The number of methoxy groups -OCH3 is 1. The van der Waals surface area contributed by atoms with Crippen molar-refractivity contribution in [2.45, 2.75) is 6.17 Å². The van der Waals surface area contributed by atoms with E-state index in [9.17, 15) is 13.2 Å². The molecule has 0 fully saturated rings. The van der Waals surface area contributed by atoms with Gasteiger partial charge < -0.3 is 10.5 Å². The van der Waals surface area contributed by atoms with Gasteiger partial charge in [-0.2, -0.15) is 0 Å². The fourth-order valence-corrected chi connectivity index (χ4v) is 1.16. The molecule has 0 spiro atoms. The zero-order valence-electron chi connectivity index (χ0n) is 7.56. The average molecular weight is 205 g/mol. The molecule has 2 nitrogen and oxygen atoms in total. The van der Waals surface area contributed by atoms with Gasteiger partial charge in [0.2, 0.25) is 0 Å². The Labute approximate surface area is 79.5 Å². The van der Waals surface area contributed by atoms with E-state index in [0.29, 0.717) is 6.07 Å². The second-order valence-corrected chi connectivity index (χ2v) is 2.71. The van der Waals surface area contributed by atoms with Crippen molar-refractivity contribution >= 4 is 0 Å². The molecule has 0 amide bonds. The Balaban J connectivity index is 3.24. The number of alkyl halides is 1. The zero-order chi connectivity index (χ0) is 10.7. The molecule has 0 aliphatic heterocycles. The van der Waals surface area contributed by atoms with E-state index in [1.54, 1.807) is 0 Å². The van der Waals surface area contributed by atoms with Gasteiger partial charge in [0.25, 0.3) is 0 Å². The number of benzene rings is 1. The maximum Gasteiger partial charge on any atom is 0.168 e. The molecule has 0 saturated carbocycles. The molecule has 5 heteroatoms. The van der Waals surface area contributed by atoms with E-state index >= 15 is 0 Å². The maximum absolute atomic E-state index is 13.1. The molecule has 0 saturated heterocycles. The lowest BCUT2D eigenvalue weighted by Crippen LogP contribution is -2.10. The topological polar surface area (TPSA) is 35.2 Å². The van der Waals surface area contributed by atoms with E-state index in [0.717, 1.165) is 6.07 Å². The Morgan fingerprint density at radius 2 is 2.07 bits per heavy atom. The molecule has 0 aromatic heterocycles. The summed E-state index contributed by atoms with van der Waals surface area (Å²) in [6, 6.07) is 1.50. The first-order chi connectivity index (χ1) is 6.60. The SMILES string of the molecule is COc1c(F)cc(F)cc1C(F)CN. The van der Waals surface area contributed by atoms with Crippen molar-refractivity contribution < 1.29 is 17.9 Å². The number of hydrogen-bond acceptors (Lipinski definition) is 2. The summed E-state index contributed by atoms with van der Waals surface area (Å²) in [6.45, 7) is -0.348. The molecular weight excluding hydrogens is 195 g/mol. The van der Waals surface area contributed by atoms with Gasteiger partial charge in [-0.05, 0) is 6.07 Å². The van der Waals surface area contributed by atoms with Gasteiger partial charge in [0.1, 0.15) is 12.0 Å². The van der Waals surface area contributed by atoms with Crippen molar-refractivity contribution in [3.63, 3.8) is 0 Å². The third-order valence-corrected chi connectivity index (χ3v) is 1.79. The Morgan fingerprint density at radius 1 is 1.43 bits per heavy atom. The summed E-state index contributed by atoms with van der Waals surface area (Å²) in [5, 5.41) is 0. The van der Waals surface area contributed by atoms with Gasteiger partial charge in [-0.1, -0.05) is 0 Å². The van der Waals surface area contributed by atoms with Gasteiger partial charge in [-0.15, -0.1) is 0 Å². The molecule has 0 heterocycles. The molecule has 1 aromatic carbocycles. The summed E-state index contributed by atoms with van der Waals surface area (Å²) in [5.74, 6) is -2.09. The monoisotopic (exact) mass is 205 g/mol. The largest absolute Gasteiger partial charge is 0.493 e. The molecule has 14 heavy (non-hydrogen) atoms. The van der Waals surface area contributed by atoms with Crippen LogP contribution in [0.3, 0.4) is 0 Å². The quantitative estimate of drug-likeness (QED) is 0.818. The van der Waals surface area contributed by atoms with E-state index in [1.165, 1.54) is 7.11 Å². The van der Waals surface area contributed by atoms with E-state index in [4.69, 9.17) is 5.73 Å². The lowest BCUT2D eigenvalue weighted by molar-refractivity contribution is 0.319. The highest BCUT2D eigenvalue weighted by atomic mass is 19.1. The van der Waals surface area contributed by atoms with Crippen molar-refractivity contribution in [2.75, 3.05) is 13.7 Å². The minimum absolute atomic E-state index is 0.201. The molecule has 1 atom stereocenters. The normalized spacial score (nSPS) is 12.6. The Kier molecular flexibility index (Phi) is 3.35. The van der Waals surface area contributed by atoms with Gasteiger partial charge in [-0.3, -0.25) is 0 Å². The summed E-state index contributed by atoms with van der Waals surface area (Å²) in [4.78, 5) is 0. The second-order valence-electron chi connectivity index (χ2n) is 2.71. The Morgan fingerprint density at radius 3 is 2.57 bits per heavy atom. The van der Waals surface area contributed by atoms with Crippen LogP contribution in [0.2, 0.25) is 0 Å². The van der Waals surface area contributed by atoms with Crippen molar-refractivity contribution in [1.82, 2.24) is 0 Å². The highest BCUT2D eigenvalue weighted by Gasteiger charge is 2.18. The molecule has 1 aromatic rings. The van der Waals surface area contributed by atoms with Gasteiger partial charge in [0.05, 0.1) is 7.11 Å². The van der Waals surface area contributed by atoms with Crippen LogP contribution >= 0.6 is 0 Å². The number of halogens is 3. The maximum atomic E-state index is 13.1. The minimum Gasteiger partial charge on any atom is -0.493 e. The lowest BCUT2D eigenvalue weighted by atomic mass is 10.1. The van der Waals surface area contributed by atoms with Gasteiger partial charge in [-0.25, -0.2) is 13.2 Å². The molecule has 0 bridgehead atoms. The zero-order valence-corrected chi connectivity index (χ0v) is 7.56. The molecular formula is C9H10F3NO. The van der Waals surface area contributed by atoms with Crippen molar-refractivity contribution in [1.29, 1.82) is 0 Å². The number of hydrogen-bond donors (Lipinski definition) is 1. The number of nitrogens with two attached hydrogens (primary N) is 1. The van der Waals surface area contributed by atoms with E-state index in [-0.39, 0.29) is 17.9 Å². The predicted molar refractivity (Wildman–Crippen MR) is 45.8 cm³/mol. The molecule has 1 rings (SSSR count). The summed E-state index contributed by atoms with van der Waals surface area (Å²) >= 11 is 0. The number of rotatable bonds is 3. The van der Waals surface area contributed by atoms with Crippen LogP contribution in [0.5, 0.6) is 5.75 Å². The van der Waals surface area contributed by atoms with E-state index in [2.05, 4.69) is 4.74 Å². The molecule has 78 valence electrons. The van der Waals surface area contributed by atoms with Crippen molar-refractivity contribution in [3.8, 4) is 5.75 Å². The predicted octanol–water partition coefficient (Wildman–Crippen LogP) is 1.94. The summed E-state index contributed by atoms with van der Waals surface area (Å²) in [6.07, 6.45) is -1.63. The van der Waals surface area contributed by atoms with E-state index in [1.807, 2.05) is 0 Å². The van der Waals surface area contributed by atoms with Gasteiger partial charge >= 0.3 is 0 Å². The van der Waals surface area contributed by atoms with Crippen LogP contribution in [0.4, 0.5) is 13.2 Å². The van der Waals surface area contributed by atoms with Crippen LogP contribution in [0.1, 0.15) is 11.7 Å². The first kappa shape index (κ1) is 10.8. The van der Waals surface area contributed by atoms with Crippen LogP contribution < -0.4 is 10.5 Å². The van der Waals surface area contributed by atoms with Crippen molar-refractivity contribution in [2.24, 2.45) is 5.73 Å². The minimum atomic E-state index is -1.63. The van der Waals surface area contributed by atoms with Crippen LogP contribution in [-0.4, -0.2) is 13.7 Å². The first-order valence-corrected chi connectivity index (χ1v) is 3.97. The Hall–Kier alpha value is -1.23. The number of ether oxygens (including phenoxy) is 1.